The number of benzene rings is 2. The SMILES string of the molecule is CC(NC(=O)C(O)c1cc(F)cc(F)c1)C(=O)Nc1cc(C(C)(C)c2cc(F)cc(F)c2)nn1C(C)(C)C. The highest BCUT2D eigenvalue weighted by atomic mass is 19.1. The molecule has 2 atom stereocenters. The number of aliphatic hydroxyl groups excluding tert-OH is 1. The van der Waals surface area contributed by atoms with Crippen molar-refractivity contribution in [2.45, 2.75) is 64.6 Å². The quantitative estimate of drug-likeness (QED) is 0.383. The molecule has 2 aromatic carbocycles. The fourth-order valence-corrected chi connectivity index (χ4v) is 3.83. The predicted molar refractivity (Wildman–Crippen MR) is 133 cm³/mol. The number of carbonyl (C=O) groups excluding carboxylic acids is 2. The Morgan fingerprint density at radius 3 is 1.84 bits per heavy atom. The van der Waals surface area contributed by atoms with Gasteiger partial charge in [0.05, 0.1) is 11.2 Å². The van der Waals surface area contributed by atoms with E-state index in [1.54, 1.807) is 19.9 Å². The maximum Gasteiger partial charge on any atom is 0.254 e. The van der Waals surface area contributed by atoms with Gasteiger partial charge < -0.3 is 15.7 Å². The van der Waals surface area contributed by atoms with E-state index in [0.29, 0.717) is 17.3 Å². The van der Waals surface area contributed by atoms with Crippen molar-refractivity contribution in [1.29, 1.82) is 0 Å². The molecular formula is C27H30F4N4O3. The van der Waals surface area contributed by atoms with Crippen LogP contribution in [0.15, 0.2) is 42.5 Å². The summed E-state index contributed by atoms with van der Waals surface area (Å²) in [6, 6.07) is 5.84. The molecule has 0 saturated heterocycles. The number of amides is 2. The van der Waals surface area contributed by atoms with E-state index >= 15 is 0 Å². The number of nitrogens with one attached hydrogen (secondary N) is 2. The van der Waals surface area contributed by atoms with Crippen LogP contribution in [0.3, 0.4) is 0 Å². The zero-order chi connectivity index (χ0) is 28.6. The minimum absolute atomic E-state index is 0.260. The molecule has 0 spiro atoms. The number of anilines is 1. The highest BCUT2D eigenvalue weighted by Gasteiger charge is 2.32. The molecule has 3 aromatic rings. The van der Waals surface area contributed by atoms with E-state index in [0.717, 1.165) is 18.2 Å². The molecule has 0 saturated carbocycles. The van der Waals surface area contributed by atoms with Crippen LogP contribution >= 0.6 is 0 Å². The van der Waals surface area contributed by atoms with Gasteiger partial charge in [0.1, 0.15) is 35.1 Å². The topological polar surface area (TPSA) is 96.2 Å². The monoisotopic (exact) mass is 534 g/mol. The van der Waals surface area contributed by atoms with Gasteiger partial charge in [-0.05, 0) is 63.1 Å². The van der Waals surface area contributed by atoms with Gasteiger partial charge in [-0.3, -0.25) is 9.59 Å². The molecule has 3 rings (SSSR count). The first-order valence-electron chi connectivity index (χ1n) is 11.8. The largest absolute Gasteiger partial charge is 0.378 e. The summed E-state index contributed by atoms with van der Waals surface area (Å²) in [5, 5.41) is 19.8. The molecule has 0 radical (unpaired) electrons. The van der Waals surface area contributed by atoms with Crippen molar-refractivity contribution in [3.05, 3.63) is 82.6 Å². The number of hydrogen-bond acceptors (Lipinski definition) is 4. The van der Waals surface area contributed by atoms with E-state index in [-0.39, 0.29) is 11.4 Å². The van der Waals surface area contributed by atoms with Gasteiger partial charge in [-0.25, -0.2) is 22.2 Å². The van der Waals surface area contributed by atoms with Gasteiger partial charge in [0, 0.05) is 23.6 Å². The Bertz CT molecular complexity index is 1320. The second-order valence-electron chi connectivity index (χ2n) is 10.6. The van der Waals surface area contributed by atoms with Crippen LogP contribution in [0, 0.1) is 23.3 Å². The molecule has 1 heterocycles. The van der Waals surface area contributed by atoms with Crippen LogP contribution in [0.25, 0.3) is 0 Å². The van der Waals surface area contributed by atoms with Crippen molar-refractivity contribution in [2.75, 3.05) is 5.32 Å². The van der Waals surface area contributed by atoms with Crippen LogP contribution in [0.2, 0.25) is 0 Å². The van der Waals surface area contributed by atoms with Crippen molar-refractivity contribution < 1.29 is 32.3 Å². The first-order valence-corrected chi connectivity index (χ1v) is 11.8. The van der Waals surface area contributed by atoms with Crippen LogP contribution in [-0.2, 0) is 20.5 Å². The number of aromatic nitrogens is 2. The summed E-state index contributed by atoms with van der Waals surface area (Å²) in [6.07, 6.45) is -1.91. The Hall–Kier alpha value is -3.73. The Kier molecular flexibility index (Phi) is 8.02. The molecular weight excluding hydrogens is 504 g/mol. The van der Waals surface area contributed by atoms with Crippen molar-refractivity contribution >= 4 is 17.6 Å². The standard InChI is InChI=1S/C27H30F4N4O3/c1-14(32-25(38)23(36)15-7-17(28)11-18(29)8-15)24(37)33-22-13-21(34-35(22)26(2,3)4)27(5,6)16-9-19(30)12-20(31)10-16/h7-14,23,36H,1-6H3,(H,32,38)(H,33,37). The fourth-order valence-electron chi connectivity index (χ4n) is 3.83. The van der Waals surface area contributed by atoms with Crippen LogP contribution in [0.5, 0.6) is 0 Å². The third kappa shape index (κ3) is 6.39. The molecule has 38 heavy (non-hydrogen) atoms. The highest BCUT2D eigenvalue weighted by molar-refractivity contribution is 5.97. The minimum Gasteiger partial charge on any atom is -0.378 e. The fraction of sp³-hybridized carbons (Fsp3) is 0.370. The van der Waals surface area contributed by atoms with Gasteiger partial charge in [-0.1, -0.05) is 13.8 Å². The Morgan fingerprint density at radius 1 is 0.842 bits per heavy atom. The van der Waals surface area contributed by atoms with E-state index in [2.05, 4.69) is 15.7 Å². The molecule has 3 N–H and O–H groups in total. The first-order chi connectivity index (χ1) is 17.5. The van der Waals surface area contributed by atoms with Crippen LogP contribution in [0.1, 0.15) is 64.5 Å². The van der Waals surface area contributed by atoms with Crippen LogP contribution in [-0.4, -0.2) is 32.7 Å². The molecule has 7 nitrogen and oxygen atoms in total. The molecule has 0 bridgehead atoms. The molecule has 2 unspecified atom stereocenters. The third-order valence-electron chi connectivity index (χ3n) is 6.02. The summed E-state index contributed by atoms with van der Waals surface area (Å²) in [7, 11) is 0. The van der Waals surface area contributed by atoms with Crippen LogP contribution < -0.4 is 10.6 Å². The average Bonchev–Trinajstić information content (AvgIpc) is 3.22. The maximum atomic E-state index is 13.9. The van der Waals surface area contributed by atoms with Gasteiger partial charge in [0.25, 0.3) is 5.91 Å². The second kappa shape index (κ2) is 10.6. The van der Waals surface area contributed by atoms with Crippen molar-refractivity contribution in [1.82, 2.24) is 15.1 Å². The van der Waals surface area contributed by atoms with Crippen LogP contribution in [0.4, 0.5) is 23.4 Å². The van der Waals surface area contributed by atoms with Crippen molar-refractivity contribution in [3.63, 3.8) is 0 Å². The van der Waals surface area contributed by atoms with Gasteiger partial charge >= 0.3 is 0 Å². The van der Waals surface area contributed by atoms with Gasteiger partial charge in [0.2, 0.25) is 5.91 Å². The molecule has 204 valence electrons. The third-order valence-corrected chi connectivity index (χ3v) is 6.02. The van der Waals surface area contributed by atoms with Gasteiger partial charge in [-0.15, -0.1) is 0 Å². The second-order valence-corrected chi connectivity index (χ2v) is 10.6. The van der Waals surface area contributed by atoms with Gasteiger partial charge in [0.15, 0.2) is 6.10 Å². The number of nitrogens with zero attached hydrogens (tertiary/aromatic N) is 2. The van der Waals surface area contributed by atoms with Gasteiger partial charge in [-0.2, -0.15) is 5.10 Å². The average molecular weight is 535 g/mol. The lowest BCUT2D eigenvalue weighted by Crippen LogP contribution is -2.44. The minimum atomic E-state index is -1.91. The summed E-state index contributed by atoms with van der Waals surface area (Å²) in [6.45, 7) is 10.4. The molecule has 0 aliphatic rings. The Balaban J connectivity index is 1.83. The van der Waals surface area contributed by atoms with E-state index in [1.807, 2.05) is 20.8 Å². The number of hydrogen-bond donors (Lipinski definition) is 3. The van der Waals surface area contributed by atoms with E-state index in [9.17, 15) is 32.3 Å². The number of rotatable bonds is 7. The number of carbonyl (C=O) groups is 2. The summed E-state index contributed by atoms with van der Waals surface area (Å²) < 4.78 is 56.3. The highest BCUT2D eigenvalue weighted by Crippen LogP contribution is 2.34. The normalized spacial score (nSPS) is 13.7. The molecule has 0 aliphatic carbocycles. The lowest BCUT2D eigenvalue weighted by molar-refractivity contribution is -0.132. The van der Waals surface area contributed by atoms with E-state index in [1.165, 1.54) is 23.7 Å². The molecule has 0 aliphatic heterocycles. The summed E-state index contributed by atoms with van der Waals surface area (Å²) in [5.74, 6) is -4.83. The number of aliphatic hydroxyl groups is 1. The lowest BCUT2D eigenvalue weighted by Gasteiger charge is -2.25. The Labute approximate surface area is 217 Å². The van der Waals surface area contributed by atoms with E-state index < -0.39 is 58.2 Å². The lowest BCUT2D eigenvalue weighted by atomic mass is 9.81. The zero-order valence-corrected chi connectivity index (χ0v) is 21.9. The van der Waals surface area contributed by atoms with E-state index in [4.69, 9.17) is 0 Å². The molecule has 0 fully saturated rings. The van der Waals surface area contributed by atoms with Crippen molar-refractivity contribution in [3.8, 4) is 0 Å². The Morgan fingerprint density at radius 2 is 1.34 bits per heavy atom. The summed E-state index contributed by atoms with van der Waals surface area (Å²) >= 11 is 0. The molecule has 2 amide bonds. The predicted octanol–water partition coefficient (Wildman–Crippen LogP) is 4.70. The maximum absolute atomic E-state index is 13.9. The number of halogens is 4. The first kappa shape index (κ1) is 28.8. The van der Waals surface area contributed by atoms with Crippen molar-refractivity contribution in [2.24, 2.45) is 0 Å². The molecule has 1 aromatic heterocycles. The smallest absolute Gasteiger partial charge is 0.254 e. The zero-order valence-electron chi connectivity index (χ0n) is 21.9. The molecule has 11 heteroatoms. The summed E-state index contributed by atoms with van der Waals surface area (Å²) in [4.78, 5) is 25.4. The summed E-state index contributed by atoms with van der Waals surface area (Å²) in [5.41, 5.74) is -1.10.